The van der Waals surface area contributed by atoms with Crippen molar-refractivity contribution >= 4 is 35.7 Å². The molecule has 4 rings (SSSR count). The summed E-state index contributed by atoms with van der Waals surface area (Å²) in [5, 5.41) is 8.49. The van der Waals surface area contributed by atoms with Crippen molar-refractivity contribution in [1.29, 1.82) is 0 Å². The number of amides is 4. The second kappa shape index (κ2) is 8.63. The van der Waals surface area contributed by atoms with E-state index in [-0.39, 0.29) is 23.9 Å². The highest BCUT2D eigenvalue weighted by Gasteiger charge is 2.45. The fraction of sp³-hybridized carbons (Fsp3) is 0.292. The van der Waals surface area contributed by atoms with Gasteiger partial charge in [0.15, 0.2) is 0 Å². The highest BCUT2D eigenvalue weighted by molar-refractivity contribution is 6.11. The number of carbonyl (C=O) groups excluding carboxylic acids is 3. The highest BCUT2D eigenvalue weighted by atomic mass is 16.2. The maximum Gasteiger partial charge on any atom is 0.315 e. The molecule has 2 aliphatic heterocycles. The summed E-state index contributed by atoms with van der Waals surface area (Å²) in [6.45, 7) is 4.14. The fourth-order valence-electron chi connectivity index (χ4n) is 4.04. The molecule has 0 radical (unpaired) electrons. The van der Waals surface area contributed by atoms with E-state index in [2.05, 4.69) is 16.0 Å². The topological polar surface area (TPSA) is 90.5 Å². The van der Waals surface area contributed by atoms with Crippen molar-refractivity contribution in [2.75, 3.05) is 11.9 Å². The van der Waals surface area contributed by atoms with Gasteiger partial charge in [0, 0.05) is 12.6 Å². The molecule has 2 heterocycles. The number of benzene rings is 2. The number of hydrogen-bond acceptors (Lipinski definition) is 3. The maximum absolute atomic E-state index is 13.3. The Bertz CT molecular complexity index is 1030. The van der Waals surface area contributed by atoms with Crippen LogP contribution in [0.2, 0.25) is 0 Å². The van der Waals surface area contributed by atoms with Crippen LogP contribution in [0.3, 0.4) is 0 Å². The van der Waals surface area contributed by atoms with Crippen molar-refractivity contribution < 1.29 is 14.4 Å². The summed E-state index contributed by atoms with van der Waals surface area (Å²) in [4.78, 5) is 39.9. The molecule has 0 spiro atoms. The van der Waals surface area contributed by atoms with E-state index in [1.165, 1.54) is 0 Å². The molecular formula is C24H26N4O3. The van der Waals surface area contributed by atoms with Gasteiger partial charge >= 0.3 is 6.03 Å². The quantitative estimate of drug-likeness (QED) is 0.667. The van der Waals surface area contributed by atoms with E-state index in [9.17, 15) is 14.4 Å². The van der Waals surface area contributed by atoms with Gasteiger partial charge in [0.05, 0.1) is 17.3 Å². The van der Waals surface area contributed by atoms with Crippen LogP contribution in [-0.2, 0) is 4.79 Å². The number of carbonyl (C=O) groups is 3. The van der Waals surface area contributed by atoms with Gasteiger partial charge in [-0.1, -0.05) is 48.6 Å². The molecule has 31 heavy (non-hydrogen) atoms. The molecule has 1 saturated heterocycles. The molecule has 2 aliphatic rings. The molecule has 4 amide bonds. The molecule has 0 saturated carbocycles. The van der Waals surface area contributed by atoms with Crippen LogP contribution < -0.4 is 16.0 Å². The smallest absolute Gasteiger partial charge is 0.315 e. The highest BCUT2D eigenvalue weighted by Crippen LogP contribution is 2.30. The predicted octanol–water partition coefficient (Wildman–Crippen LogP) is 3.10. The third-order valence-corrected chi connectivity index (χ3v) is 5.46. The minimum absolute atomic E-state index is 0.0197. The van der Waals surface area contributed by atoms with Gasteiger partial charge in [-0.25, -0.2) is 4.79 Å². The number of hydrogen-bond donors (Lipinski definition) is 3. The molecule has 1 fully saturated rings. The number of rotatable bonds is 4. The van der Waals surface area contributed by atoms with Crippen LogP contribution in [0.5, 0.6) is 0 Å². The summed E-state index contributed by atoms with van der Waals surface area (Å²) in [6.07, 6.45) is 4.45. The van der Waals surface area contributed by atoms with E-state index < -0.39 is 12.1 Å². The zero-order chi connectivity index (χ0) is 22.0. The Morgan fingerprint density at radius 2 is 1.84 bits per heavy atom. The summed E-state index contributed by atoms with van der Waals surface area (Å²) in [6, 6.07) is 13.8. The van der Waals surface area contributed by atoms with Gasteiger partial charge in [-0.15, -0.1) is 0 Å². The largest absolute Gasteiger partial charge is 0.336 e. The third kappa shape index (κ3) is 4.45. The van der Waals surface area contributed by atoms with Crippen molar-refractivity contribution in [3.05, 3.63) is 65.2 Å². The molecule has 7 nitrogen and oxygen atoms in total. The Morgan fingerprint density at radius 3 is 2.58 bits per heavy atom. The number of anilines is 1. The van der Waals surface area contributed by atoms with E-state index in [0.717, 1.165) is 11.1 Å². The molecule has 0 bridgehead atoms. The lowest BCUT2D eigenvalue weighted by atomic mass is 10.1. The first-order valence-electron chi connectivity index (χ1n) is 10.5. The first-order chi connectivity index (χ1) is 14.9. The Hall–Kier alpha value is -3.61. The van der Waals surface area contributed by atoms with E-state index in [1.807, 2.05) is 62.4 Å². The lowest BCUT2D eigenvalue weighted by Gasteiger charge is -2.25. The fourth-order valence-corrected chi connectivity index (χ4v) is 4.04. The molecular weight excluding hydrogens is 392 g/mol. The Labute approximate surface area is 181 Å². The number of urea groups is 1. The Kier molecular flexibility index (Phi) is 5.75. The zero-order valence-electron chi connectivity index (χ0n) is 17.6. The predicted molar refractivity (Wildman–Crippen MR) is 120 cm³/mol. The van der Waals surface area contributed by atoms with Gasteiger partial charge in [-0.05, 0) is 43.5 Å². The minimum atomic E-state index is -0.735. The lowest BCUT2D eigenvalue weighted by molar-refractivity contribution is -0.120. The molecule has 0 aliphatic carbocycles. The molecule has 2 atom stereocenters. The molecule has 160 valence electrons. The summed E-state index contributed by atoms with van der Waals surface area (Å²) >= 11 is 0. The molecule has 0 aromatic heterocycles. The lowest BCUT2D eigenvalue weighted by Crippen LogP contribution is -2.54. The molecule has 2 aromatic rings. The number of nitrogens with one attached hydrogen (secondary N) is 3. The van der Waals surface area contributed by atoms with E-state index in [1.54, 1.807) is 17.0 Å². The van der Waals surface area contributed by atoms with Gasteiger partial charge in [-0.3, -0.25) is 9.59 Å². The SMILES string of the molecule is CC(C)NC(=O)NC1CCN2C(=O)c3cc(C=Cc4ccccc4)ccc3NC(=O)C12. The Morgan fingerprint density at radius 1 is 1.10 bits per heavy atom. The van der Waals surface area contributed by atoms with Crippen LogP contribution in [0.15, 0.2) is 48.5 Å². The summed E-state index contributed by atoms with van der Waals surface area (Å²) in [7, 11) is 0. The van der Waals surface area contributed by atoms with Gasteiger partial charge in [0.1, 0.15) is 6.04 Å². The van der Waals surface area contributed by atoms with Gasteiger partial charge < -0.3 is 20.9 Å². The van der Waals surface area contributed by atoms with Gasteiger partial charge in [-0.2, -0.15) is 0 Å². The van der Waals surface area contributed by atoms with Crippen molar-refractivity contribution in [3.8, 4) is 0 Å². The van der Waals surface area contributed by atoms with Crippen LogP contribution in [-0.4, -0.2) is 47.4 Å². The number of fused-ring (bicyclic) bond motifs is 2. The molecule has 3 N–H and O–H groups in total. The van der Waals surface area contributed by atoms with Gasteiger partial charge in [0.25, 0.3) is 5.91 Å². The molecule has 2 aromatic carbocycles. The second-order valence-corrected chi connectivity index (χ2v) is 8.15. The zero-order valence-corrected chi connectivity index (χ0v) is 17.6. The average molecular weight is 418 g/mol. The van der Waals surface area contributed by atoms with Crippen LogP contribution in [0.25, 0.3) is 12.2 Å². The van der Waals surface area contributed by atoms with Crippen LogP contribution in [0.4, 0.5) is 10.5 Å². The first kappa shape index (κ1) is 20.7. The van der Waals surface area contributed by atoms with Crippen molar-refractivity contribution in [3.63, 3.8) is 0 Å². The minimum Gasteiger partial charge on any atom is -0.336 e. The summed E-state index contributed by atoms with van der Waals surface area (Å²) in [5.74, 6) is -0.492. The van der Waals surface area contributed by atoms with Crippen molar-refractivity contribution in [1.82, 2.24) is 15.5 Å². The molecule has 2 unspecified atom stereocenters. The van der Waals surface area contributed by atoms with Crippen molar-refractivity contribution in [2.45, 2.75) is 38.4 Å². The van der Waals surface area contributed by atoms with Crippen LogP contribution >= 0.6 is 0 Å². The normalized spacial score (nSPS) is 20.3. The third-order valence-electron chi connectivity index (χ3n) is 5.46. The summed E-state index contributed by atoms with van der Waals surface area (Å²) in [5.41, 5.74) is 2.88. The van der Waals surface area contributed by atoms with Crippen molar-refractivity contribution in [2.24, 2.45) is 0 Å². The van der Waals surface area contributed by atoms with E-state index in [4.69, 9.17) is 0 Å². The van der Waals surface area contributed by atoms with E-state index in [0.29, 0.717) is 24.2 Å². The average Bonchev–Trinajstić information content (AvgIpc) is 3.11. The Balaban J connectivity index is 1.56. The van der Waals surface area contributed by atoms with Crippen LogP contribution in [0, 0.1) is 0 Å². The molecule has 7 heteroatoms. The first-order valence-corrected chi connectivity index (χ1v) is 10.5. The standard InChI is InChI=1S/C24H26N4O3/c1-15(2)25-24(31)27-20-12-13-28-21(20)22(29)26-19-11-10-17(14-18(19)23(28)30)9-8-16-6-4-3-5-7-16/h3-11,14-15,20-21H,12-13H2,1-2H3,(H,26,29)(H2,25,27,31). The number of nitrogens with zero attached hydrogens (tertiary/aromatic N) is 1. The van der Waals surface area contributed by atoms with Gasteiger partial charge in [0.2, 0.25) is 5.91 Å². The monoisotopic (exact) mass is 418 g/mol. The summed E-state index contributed by atoms with van der Waals surface area (Å²) < 4.78 is 0. The maximum atomic E-state index is 13.3. The van der Waals surface area contributed by atoms with E-state index >= 15 is 0 Å². The van der Waals surface area contributed by atoms with Crippen LogP contribution in [0.1, 0.15) is 41.8 Å². The second-order valence-electron chi connectivity index (χ2n) is 8.15.